The van der Waals surface area contributed by atoms with Gasteiger partial charge in [0.1, 0.15) is 5.54 Å². The second kappa shape index (κ2) is 7.00. The number of amides is 3. The Hall–Kier alpha value is -1.57. The number of hydrogen-bond donors (Lipinski definition) is 2. The van der Waals surface area contributed by atoms with E-state index in [2.05, 4.69) is 10.6 Å². The van der Waals surface area contributed by atoms with Crippen LogP contribution in [0.4, 0.5) is 5.69 Å². The standard InChI is InChI=1S/C21H24ClN3O3S/c1-29-10-9-14-15-16(19(27)25(18(15)26)11-5-2-3-6-11)21(24-14)12-7-4-8-13(22)17(12)23-20(21)28/h4,7-8,11,14-16,24H,2-3,5-6,9-10H2,1H3,(H,23,28)/t14-,15-,16-,21+/m1/s1. The summed E-state index contributed by atoms with van der Waals surface area (Å²) in [6, 6.07) is 5.12. The summed E-state index contributed by atoms with van der Waals surface area (Å²) in [6.45, 7) is 0. The Kier molecular flexibility index (Phi) is 4.68. The van der Waals surface area contributed by atoms with Crippen LogP contribution in [-0.4, -0.2) is 46.7 Å². The molecule has 3 fully saturated rings. The summed E-state index contributed by atoms with van der Waals surface area (Å²) >= 11 is 8.05. The van der Waals surface area contributed by atoms with Crippen molar-refractivity contribution in [1.82, 2.24) is 10.2 Å². The normalized spacial score (nSPS) is 33.7. The van der Waals surface area contributed by atoms with Crippen LogP contribution in [-0.2, 0) is 19.9 Å². The number of nitrogens with one attached hydrogen (secondary N) is 2. The molecule has 8 heteroatoms. The zero-order chi connectivity index (χ0) is 20.3. The summed E-state index contributed by atoms with van der Waals surface area (Å²) < 4.78 is 0. The minimum absolute atomic E-state index is 0.0258. The first-order valence-electron chi connectivity index (χ1n) is 10.2. The molecule has 6 nitrogen and oxygen atoms in total. The predicted octanol–water partition coefficient (Wildman–Crippen LogP) is 2.76. The second-order valence-corrected chi connectivity index (χ2v) is 9.84. The number of thioether (sulfide) groups is 1. The van der Waals surface area contributed by atoms with Gasteiger partial charge in [0.25, 0.3) is 0 Å². The van der Waals surface area contributed by atoms with Crippen LogP contribution in [0, 0.1) is 11.8 Å². The van der Waals surface area contributed by atoms with E-state index < -0.39 is 17.4 Å². The Labute approximate surface area is 179 Å². The van der Waals surface area contributed by atoms with Gasteiger partial charge in [-0.25, -0.2) is 0 Å². The summed E-state index contributed by atoms with van der Waals surface area (Å²) in [6.07, 6.45) is 6.55. The average molecular weight is 434 g/mol. The van der Waals surface area contributed by atoms with Crippen LogP contribution in [0.5, 0.6) is 0 Å². The van der Waals surface area contributed by atoms with E-state index in [-0.39, 0.29) is 29.8 Å². The zero-order valence-corrected chi connectivity index (χ0v) is 17.8. The smallest absolute Gasteiger partial charge is 0.250 e. The van der Waals surface area contributed by atoms with Crippen molar-refractivity contribution in [3.05, 3.63) is 28.8 Å². The number of carbonyl (C=O) groups is 3. The number of likely N-dealkylation sites (tertiary alicyclic amines) is 1. The summed E-state index contributed by atoms with van der Waals surface area (Å²) in [7, 11) is 0. The Balaban J connectivity index is 1.63. The summed E-state index contributed by atoms with van der Waals surface area (Å²) in [4.78, 5) is 42.0. The number of rotatable bonds is 4. The number of imide groups is 1. The molecule has 0 aromatic heterocycles. The zero-order valence-electron chi connectivity index (χ0n) is 16.2. The number of hydrogen-bond acceptors (Lipinski definition) is 5. The molecule has 1 aromatic rings. The second-order valence-electron chi connectivity index (χ2n) is 8.45. The first kappa shape index (κ1) is 19.4. The highest BCUT2D eigenvalue weighted by Gasteiger charge is 2.70. The molecule has 4 aliphatic rings. The van der Waals surface area contributed by atoms with Crippen LogP contribution in [0.1, 0.15) is 37.7 Å². The van der Waals surface area contributed by atoms with E-state index in [1.54, 1.807) is 23.9 Å². The third kappa shape index (κ3) is 2.56. The highest BCUT2D eigenvalue weighted by atomic mass is 35.5. The van der Waals surface area contributed by atoms with Crippen molar-refractivity contribution in [2.45, 2.75) is 49.7 Å². The van der Waals surface area contributed by atoms with Crippen molar-refractivity contribution in [3.8, 4) is 0 Å². The summed E-state index contributed by atoms with van der Waals surface area (Å²) in [5.41, 5.74) is 0.00946. The van der Waals surface area contributed by atoms with E-state index in [4.69, 9.17) is 11.6 Å². The first-order valence-corrected chi connectivity index (χ1v) is 12.0. The molecule has 0 bridgehead atoms. The number of fused-ring (bicyclic) bond motifs is 4. The van der Waals surface area contributed by atoms with Gasteiger partial charge in [0.2, 0.25) is 17.7 Å². The maximum Gasteiger partial charge on any atom is 0.250 e. The molecule has 4 atom stereocenters. The molecule has 5 rings (SSSR count). The molecular weight excluding hydrogens is 410 g/mol. The lowest BCUT2D eigenvalue weighted by Gasteiger charge is -2.31. The van der Waals surface area contributed by atoms with Crippen LogP contribution in [0.2, 0.25) is 5.02 Å². The lowest BCUT2D eigenvalue weighted by molar-refractivity contribution is -0.145. The molecule has 29 heavy (non-hydrogen) atoms. The third-order valence-corrected chi connectivity index (χ3v) is 8.02. The lowest BCUT2D eigenvalue weighted by Crippen LogP contribution is -2.54. The molecule has 2 N–H and O–H groups in total. The Morgan fingerprint density at radius 2 is 1.97 bits per heavy atom. The fraction of sp³-hybridized carbons (Fsp3) is 0.571. The van der Waals surface area contributed by atoms with E-state index in [0.717, 1.165) is 37.9 Å². The number of anilines is 1. The van der Waals surface area contributed by atoms with Gasteiger partial charge in [-0.2, -0.15) is 11.8 Å². The maximum absolute atomic E-state index is 13.7. The van der Waals surface area contributed by atoms with Crippen LogP contribution in [0.25, 0.3) is 0 Å². The molecule has 3 aliphatic heterocycles. The van der Waals surface area contributed by atoms with Crippen molar-refractivity contribution in [2.75, 3.05) is 17.3 Å². The van der Waals surface area contributed by atoms with Crippen molar-refractivity contribution in [3.63, 3.8) is 0 Å². The van der Waals surface area contributed by atoms with Crippen LogP contribution in [0.15, 0.2) is 18.2 Å². The molecule has 1 aromatic carbocycles. The van der Waals surface area contributed by atoms with E-state index in [0.29, 0.717) is 16.3 Å². The molecular formula is C21H24ClN3O3S. The summed E-state index contributed by atoms with van der Waals surface area (Å²) in [5, 5.41) is 6.79. The monoisotopic (exact) mass is 433 g/mol. The number of carbonyl (C=O) groups excluding carboxylic acids is 3. The Morgan fingerprint density at radius 1 is 1.21 bits per heavy atom. The van der Waals surface area contributed by atoms with Gasteiger partial charge in [-0.15, -0.1) is 0 Å². The molecule has 1 spiro atoms. The highest BCUT2D eigenvalue weighted by molar-refractivity contribution is 7.98. The fourth-order valence-electron chi connectivity index (χ4n) is 5.83. The predicted molar refractivity (Wildman–Crippen MR) is 113 cm³/mol. The molecule has 0 radical (unpaired) electrons. The lowest BCUT2D eigenvalue weighted by atomic mass is 9.76. The Bertz CT molecular complexity index is 903. The van der Waals surface area contributed by atoms with Gasteiger partial charge in [0.15, 0.2) is 0 Å². The van der Waals surface area contributed by atoms with Gasteiger partial charge >= 0.3 is 0 Å². The Morgan fingerprint density at radius 3 is 2.69 bits per heavy atom. The van der Waals surface area contributed by atoms with Gasteiger partial charge in [0.05, 0.1) is 22.5 Å². The van der Waals surface area contributed by atoms with Gasteiger partial charge in [-0.3, -0.25) is 24.6 Å². The van der Waals surface area contributed by atoms with Crippen molar-refractivity contribution in [1.29, 1.82) is 0 Å². The van der Waals surface area contributed by atoms with Gasteiger partial charge in [-0.05, 0) is 37.3 Å². The van der Waals surface area contributed by atoms with Gasteiger partial charge in [-0.1, -0.05) is 36.6 Å². The number of halogens is 1. The van der Waals surface area contributed by atoms with Gasteiger partial charge < -0.3 is 5.32 Å². The van der Waals surface area contributed by atoms with E-state index in [9.17, 15) is 14.4 Å². The first-order chi connectivity index (χ1) is 14.0. The SMILES string of the molecule is CSCC[C@H]1N[C@]2(C(=O)Nc3c(Cl)cccc32)[C@H]2C(=O)N(C3CCCC3)C(=O)[C@H]12. The molecule has 2 saturated heterocycles. The minimum atomic E-state index is -1.23. The minimum Gasteiger partial charge on any atom is -0.323 e. The number of nitrogens with zero attached hydrogens (tertiary/aromatic N) is 1. The number of benzene rings is 1. The molecule has 1 saturated carbocycles. The largest absolute Gasteiger partial charge is 0.323 e. The summed E-state index contributed by atoms with van der Waals surface area (Å²) in [5.74, 6) is -0.962. The van der Waals surface area contributed by atoms with Crippen LogP contribution >= 0.6 is 23.4 Å². The van der Waals surface area contributed by atoms with E-state index >= 15 is 0 Å². The van der Waals surface area contributed by atoms with Crippen molar-refractivity contribution < 1.29 is 14.4 Å². The van der Waals surface area contributed by atoms with E-state index in [1.807, 2.05) is 12.3 Å². The van der Waals surface area contributed by atoms with Gasteiger partial charge in [0, 0.05) is 17.6 Å². The van der Waals surface area contributed by atoms with E-state index in [1.165, 1.54) is 4.90 Å². The molecule has 0 unspecified atom stereocenters. The molecule has 1 aliphatic carbocycles. The topological polar surface area (TPSA) is 78.5 Å². The van der Waals surface area contributed by atoms with Crippen LogP contribution < -0.4 is 10.6 Å². The highest BCUT2D eigenvalue weighted by Crippen LogP contribution is 2.55. The average Bonchev–Trinajstić information content (AvgIpc) is 3.44. The number of para-hydroxylation sites is 1. The van der Waals surface area contributed by atoms with Crippen molar-refractivity contribution in [2.24, 2.45) is 11.8 Å². The quantitative estimate of drug-likeness (QED) is 0.714. The maximum atomic E-state index is 13.7. The van der Waals surface area contributed by atoms with Crippen molar-refractivity contribution >= 4 is 46.8 Å². The third-order valence-electron chi connectivity index (χ3n) is 7.06. The molecule has 3 amide bonds. The molecule has 154 valence electrons. The molecule has 3 heterocycles. The van der Waals surface area contributed by atoms with Crippen LogP contribution in [0.3, 0.4) is 0 Å². The fourth-order valence-corrected chi connectivity index (χ4v) is 6.54.